The molecule has 0 fully saturated rings. The number of carbonyl (C=O) groups is 1. The Hall–Kier alpha value is -1.60. The molecule has 2 aromatic heterocycles. The van der Waals surface area contributed by atoms with Crippen LogP contribution in [0.2, 0.25) is 4.34 Å². The molecule has 8 heteroatoms. The number of rotatable bonds is 3. The van der Waals surface area contributed by atoms with Crippen LogP contribution < -0.4 is 11.1 Å². The van der Waals surface area contributed by atoms with Gasteiger partial charge in [-0.3, -0.25) is 10.1 Å². The van der Waals surface area contributed by atoms with Crippen molar-refractivity contribution >= 4 is 39.8 Å². The molecule has 6 nitrogen and oxygen atoms in total. The van der Waals surface area contributed by atoms with E-state index in [-0.39, 0.29) is 11.6 Å². The topological polar surface area (TPSA) is 85.8 Å². The van der Waals surface area contributed by atoms with Crippen LogP contribution in [0, 0.1) is 0 Å². The summed E-state index contributed by atoms with van der Waals surface area (Å²) in [5.74, 6) is -0.0478. The predicted octanol–water partition coefficient (Wildman–Crippen LogP) is 1.85. The average Bonchev–Trinajstić information content (AvgIpc) is 2.85. The molecule has 2 rings (SSSR count). The van der Waals surface area contributed by atoms with E-state index in [0.29, 0.717) is 21.8 Å². The van der Waals surface area contributed by atoms with Crippen molar-refractivity contribution in [1.82, 2.24) is 14.5 Å². The monoisotopic (exact) mass is 271 g/mol. The zero-order chi connectivity index (χ0) is 12.4. The van der Waals surface area contributed by atoms with Gasteiger partial charge in [0.05, 0.1) is 12.5 Å². The highest BCUT2D eigenvalue weighted by Gasteiger charge is 2.16. The van der Waals surface area contributed by atoms with Crippen molar-refractivity contribution < 1.29 is 4.79 Å². The number of amides is 1. The lowest BCUT2D eigenvalue weighted by atomic mass is 10.4. The summed E-state index contributed by atoms with van der Waals surface area (Å²) in [6.07, 6.45) is 2.99. The van der Waals surface area contributed by atoms with Crippen molar-refractivity contribution in [3.8, 4) is 0 Å². The Kier molecular flexibility index (Phi) is 3.30. The second kappa shape index (κ2) is 4.72. The summed E-state index contributed by atoms with van der Waals surface area (Å²) >= 11 is 6.88. The Bertz CT molecular complexity index is 549. The van der Waals surface area contributed by atoms with E-state index in [4.69, 9.17) is 17.3 Å². The Labute approximate surface area is 106 Å². The number of carbonyl (C=O) groups excluding carboxylic acids is 1. The van der Waals surface area contributed by atoms with Gasteiger partial charge >= 0.3 is 0 Å². The smallest absolute Gasteiger partial charge is 0.279 e. The molecule has 0 aromatic carbocycles. The summed E-state index contributed by atoms with van der Waals surface area (Å²) < 4.78 is 2.19. The minimum Gasteiger partial charge on any atom is -0.383 e. The highest BCUT2D eigenvalue weighted by Crippen LogP contribution is 2.23. The summed E-state index contributed by atoms with van der Waals surface area (Å²) in [5.41, 5.74) is 5.96. The SMILES string of the molecule is CCn1cnc(C(=O)Nc2ncc(Cl)s2)c1N. The Morgan fingerprint density at radius 1 is 1.65 bits per heavy atom. The maximum absolute atomic E-state index is 11.8. The first-order valence-corrected chi connectivity index (χ1v) is 6.04. The fraction of sp³-hybridized carbons (Fsp3) is 0.222. The molecule has 0 bridgehead atoms. The van der Waals surface area contributed by atoms with Gasteiger partial charge in [-0.25, -0.2) is 9.97 Å². The third-order valence-electron chi connectivity index (χ3n) is 2.13. The second-order valence-corrected chi connectivity index (χ2v) is 4.85. The highest BCUT2D eigenvalue weighted by atomic mass is 35.5. The predicted molar refractivity (Wildman–Crippen MR) is 67.4 cm³/mol. The van der Waals surface area contributed by atoms with Gasteiger partial charge in [-0.05, 0) is 6.92 Å². The van der Waals surface area contributed by atoms with E-state index in [2.05, 4.69) is 15.3 Å². The maximum atomic E-state index is 11.8. The van der Waals surface area contributed by atoms with Crippen LogP contribution in [-0.2, 0) is 6.54 Å². The number of imidazole rings is 1. The Morgan fingerprint density at radius 2 is 2.41 bits per heavy atom. The molecule has 1 amide bonds. The molecular formula is C9H10ClN5OS. The van der Waals surface area contributed by atoms with Crippen LogP contribution in [0.3, 0.4) is 0 Å². The number of hydrogen-bond donors (Lipinski definition) is 2. The van der Waals surface area contributed by atoms with Crippen molar-refractivity contribution in [2.75, 3.05) is 11.1 Å². The average molecular weight is 272 g/mol. The Balaban J connectivity index is 2.17. The first kappa shape index (κ1) is 11.9. The van der Waals surface area contributed by atoms with Gasteiger partial charge < -0.3 is 10.3 Å². The van der Waals surface area contributed by atoms with Crippen LogP contribution in [0.1, 0.15) is 17.4 Å². The van der Waals surface area contributed by atoms with Crippen molar-refractivity contribution in [2.24, 2.45) is 0 Å². The Morgan fingerprint density at radius 3 is 2.94 bits per heavy atom. The van der Waals surface area contributed by atoms with Crippen LogP contribution in [0.25, 0.3) is 0 Å². The number of anilines is 2. The zero-order valence-corrected chi connectivity index (χ0v) is 10.5. The minimum absolute atomic E-state index is 0.193. The number of nitrogen functional groups attached to an aromatic ring is 1. The third kappa shape index (κ3) is 2.40. The summed E-state index contributed by atoms with van der Waals surface area (Å²) in [6.45, 7) is 2.58. The number of thiazole rings is 1. The molecule has 0 atom stereocenters. The number of hydrogen-bond acceptors (Lipinski definition) is 5. The molecule has 17 heavy (non-hydrogen) atoms. The lowest BCUT2D eigenvalue weighted by Crippen LogP contribution is -2.14. The van der Waals surface area contributed by atoms with Crippen LogP contribution >= 0.6 is 22.9 Å². The minimum atomic E-state index is -0.388. The molecule has 0 radical (unpaired) electrons. The van der Waals surface area contributed by atoms with Crippen molar-refractivity contribution in [1.29, 1.82) is 0 Å². The molecule has 2 heterocycles. The third-order valence-corrected chi connectivity index (χ3v) is 3.16. The van der Waals surface area contributed by atoms with Gasteiger partial charge in [0.2, 0.25) is 0 Å². The van der Waals surface area contributed by atoms with Gasteiger partial charge in [-0.15, -0.1) is 0 Å². The van der Waals surface area contributed by atoms with Gasteiger partial charge in [0.1, 0.15) is 10.2 Å². The first-order valence-electron chi connectivity index (χ1n) is 4.85. The van der Waals surface area contributed by atoms with Gasteiger partial charge in [0, 0.05) is 6.54 Å². The van der Waals surface area contributed by atoms with Crippen molar-refractivity contribution in [2.45, 2.75) is 13.5 Å². The van der Waals surface area contributed by atoms with E-state index in [1.165, 1.54) is 23.9 Å². The quantitative estimate of drug-likeness (QED) is 0.892. The maximum Gasteiger partial charge on any atom is 0.279 e. The van der Waals surface area contributed by atoms with Gasteiger partial charge in [0.25, 0.3) is 5.91 Å². The fourth-order valence-electron chi connectivity index (χ4n) is 1.29. The molecule has 0 aliphatic heterocycles. The van der Waals surface area contributed by atoms with Crippen LogP contribution in [0.4, 0.5) is 10.9 Å². The molecular weight excluding hydrogens is 262 g/mol. The number of nitrogens with zero attached hydrogens (tertiary/aromatic N) is 3. The van der Waals surface area contributed by atoms with Crippen LogP contribution in [0.5, 0.6) is 0 Å². The van der Waals surface area contributed by atoms with E-state index in [1.54, 1.807) is 4.57 Å². The van der Waals surface area contributed by atoms with E-state index in [0.717, 1.165) is 0 Å². The number of aromatic nitrogens is 3. The van der Waals surface area contributed by atoms with E-state index in [1.807, 2.05) is 6.92 Å². The summed E-state index contributed by atoms with van der Waals surface area (Å²) in [7, 11) is 0. The fourth-order valence-corrected chi connectivity index (χ4v) is 2.09. The van der Waals surface area contributed by atoms with E-state index in [9.17, 15) is 4.79 Å². The van der Waals surface area contributed by atoms with Crippen LogP contribution in [-0.4, -0.2) is 20.4 Å². The van der Waals surface area contributed by atoms with Gasteiger partial charge in [-0.2, -0.15) is 0 Å². The zero-order valence-electron chi connectivity index (χ0n) is 8.98. The molecule has 0 aliphatic rings. The molecule has 3 N–H and O–H groups in total. The number of nitrogens with two attached hydrogens (primary N) is 1. The van der Waals surface area contributed by atoms with E-state index >= 15 is 0 Å². The van der Waals surface area contributed by atoms with E-state index < -0.39 is 0 Å². The van der Waals surface area contributed by atoms with Crippen molar-refractivity contribution in [3.63, 3.8) is 0 Å². The molecule has 0 saturated carbocycles. The molecule has 0 saturated heterocycles. The van der Waals surface area contributed by atoms with Crippen molar-refractivity contribution in [3.05, 3.63) is 22.6 Å². The number of nitrogens with one attached hydrogen (secondary N) is 1. The van der Waals surface area contributed by atoms with Crippen LogP contribution in [0.15, 0.2) is 12.5 Å². The standard InChI is InChI=1S/C9H10ClN5OS/c1-2-15-4-13-6(7(15)11)8(16)14-9-12-3-5(10)17-9/h3-4H,2,11H2,1H3,(H,12,14,16). The molecule has 0 unspecified atom stereocenters. The summed E-state index contributed by atoms with van der Waals surface area (Å²) in [4.78, 5) is 19.7. The molecule has 2 aromatic rings. The second-order valence-electron chi connectivity index (χ2n) is 3.19. The summed E-state index contributed by atoms with van der Waals surface area (Å²) in [6, 6.07) is 0. The lowest BCUT2D eigenvalue weighted by Gasteiger charge is -2.01. The highest BCUT2D eigenvalue weighted by molar-refractivity contribution is 7.19. The van der Waals surface area contributed by atoms with Gasteiger partial charge in [0.15, 0.2) is 10.8 Å². The number of aryl methyl sites for hydroxylation is 1. The van der Waals surface area contributed by atoms with Gasteiger partial charge in [-0.1, -0.05) is 22.9 Å². The molecule has 0 spiro atoms. The summed E-state index contributed by atoms with van der Waals surface area (Å²) in [5, 5.41) is 3.01. The number of halogens is 1. The molecule has 90 valence electrons. The largest absolute Gasteiger partial charge is 0.383 e. The molecule has 0 aliphatic carbocycles. The first-order chi connectivity index (χ1) is 8.11. The lowest BCUT2D eigenvalue weighted by molar-refractivity contribution is 0.102. The normalized spacial score (nSPS) is 10.5.